The maximum Gasteiger partial charge on any atom is 0.339 e. The van der Waals surface area contributed by atoms with Crippen LogP contribution in [0.4, 0.5) is 0 Å². The van der Waals surface area contributed by atoms with E-state index in [1.54, 1.807) is 24.1 Å². The van der Waals surface area contributed by atoms with Crippen LogP contribution < -0.4 is 4.74 Å². The number of hydrogen-bond acceptors (Lipinski definition) is 4. The lowest BCUT2D eigenvalue weighted by Gasteiger charge is -2.34. The van der Waals surface area contributed by atoms with Crippen LogP contribution in [0.3, 0.4) is 0 Å². The van der Waals surface area contributed by atoms with Crippen molar-refractivity contribution in [3.8, 4) is 5.75 Å². The molecule has 0 bridgehead atoms. The second-order valence-electron chi connectivity index (χ2n) is 7.18. The van der Waals surface area contributed by atoms with E-state index < -0.39 is 5.97 Å². The molecule has 0 aromatic heterocycles. The Balaban J connectivity index is 1.71. The van der Waals surface area contributed by atoms with E-state index in [0.717, 1.165) is 30.3 Å². The minimum absolute atomic E-state index is 0.130. The standard InChI is InChI=1S/C21H25NO4/c1-14-10-15(2)12-22(11-14)20(23)13-26-21(24)18-8-9-19(25-3)17-7-5-4-6-16(17)18/h4-9,14-15H,10-13H2,1-3H3/t14-,15-/m1/s1. The molecule has 0 radical (unpaired) electrons. The average Bonchev–Trinajstić information content (AvgIpc) is 2.64. The van der Waals surface area contributed by atoms with E-state index in [-0.39, 0.29) is 12.5 Å². The van der Waals surface area contributed by atoms with Gasteiger partial charge in [-0.05, 0) is 35.8 Å². The van der Waals surface area contributed by atoms with Crippen LogP contribution >= 0.6 is 0 Å². The fourth-order valence-electron chi connectivity index (χ4n) is 3.79. The number of carbonyl (C=O) groups is 2. The number of ether oxygens (including phenoxy) is 2. The molecule has 26 heavy (non-hydrogen) atoms. The SMILES string of the molecule is COc1ccc(C(=O)OCC(=O)N2C[C@H](C)C[C@@H](C)C2)c2ccccc12. The molecule has 3 rings (SSSR count). The summed E-state index contributed by atoms with van der Waals surface area (Å²) in [7, 11) is 1.60. The summed E-state index contributed by atoms with van der Waals surface area (Å²) >= 11 is 0. The van der Waals surface area contributed by atoms with Gasteiger partial charge in [0.1, 0.15) is 5.75 Å². The summed E-state index contributed by atoms with van der Waals surface area (Å²) in [6, 6.07) is 10.9. The van der Waals surface area contributed by atoms with Gasteiger partial charge in [0.2, 0.25) is 0 Å². The molecule has 2 atom stereocenters. The highest BCUT2D eigenvalue weighted by Crippen LogP contribution is 2.28. The Morgan fingerprint density at radius 1 is 1.04 bits per heavy atom. The molecule has 2 aromatic carbocycles. The smallest absolute Gasteiger partial charge is 0.339 e. The molecule has 0 N–H and O–H groups in total. The molecule has 0 spiro atoms. The monoisotopic (exact) mass is 355 g/mol. The quantitative estimate of drug-likeness (QED) is 0.788. The normalized spacial score (nSPS) is 20.0. The summed E-state index contributed by atoms with van der Waals surface area (Å²) in [5.74, 6) is 1.03. The van der Waals surface area contributed by atoms with Crippen LogP contribution in [0.1, 0.15) is 30.6 Å². The van der Waals surface area contributed by atoms with Gasteiger partial charge in [-0.25, -0.2) is 4.79 Å². The van der Waals surface area contributed by atoms with Crippen LogP contribution in [0.25, 0.3) is 10.8 Å². The van der Waals surface area contributed by atoms with Gasteiger partial charge in [0.25, 0.3) is 5.91 Å². The summed E-state index contributed by atoms with van der Waals surface area (Å²) in [4.78, 5) is 26.8. The molecule has 0 unspecified atom stereocenters. The number of esters is 1. The Morgan fingerprint density at radius 3 is 2.35 bits per heavy atom. The molecule has 1 saturated heterocycles. The third kappa shape index (κ3) is 3.82. The zero-order chi connectivity index (χ0) is 18.7. The molecule has 2 aromatic rings. The summed E-state index contributed by atoms with van der Waals surface area (Å²) in [5.41, 5.74) is 0.439. The van der Waals surface area contributed by atoms with Gasteiger partial charge in [-0.15, -0.1) is 0 Å². The average molecular weight is 355 g/mol. The van der Waals surface area contributed by atoms with E-state index in [2.05, 4.69) is 13.8 Å². The number of nitrogens with zero attached hydrogens (tertiary/aromatic N) is 1. The highest BCUT2D eigenvalue weighted by Gasteiger charge is 2.26. The minimum Gasteiger partial charge on any atom is -0.496 e. The lowest BCUT2D eigenvalue weighted by atomic mass is 9.92. The van der Waals surface area contributed by atoms with E-state index >= 15 is 0 Å². The van der Waals surface area contributed by atoms with Gasteiger partial charge in [-0.2, -0.15) is 0 Å². The fraction of sp³-hybridized carbons (Fsp3) is 0.429. The lowest BCUT2D eigenvalue weighted by molar-refractivity contribution is -0.137. The number of fused-ring (bicyclic) bond motifs is 1. The summed E-state index contributed by atoms with van der Waals surface area (Å²) in [5, 5.41) is 1.60. The maximum absolute atomic E-state index is 12.5. The Labute approximate surface area is 153 Å². The van der Waals surface area contributed by atoms with Crippen molar-refractivity contribution in [3.63, 3.8) is 0 Å². The number of piperidine rings is 1. The first-order chi connectivity index (χ1) is 12.5. The van der Waals surface area contributed by atoms with Crippen molar-refractivity contribution in [3.05, 3.63) is 42.0 Å². The van der Waals surface area contributed by atoms with E-state index in [9.17, 15) is 9.59 Å². The van der Waals surface area contributed by atoms with Crippen molar-refractivity contribution in [1.29, 1.82) is 0 Å². The largest absolute Gasteiger partial charge is 0.496 e. The maximum atomic E-state index is 12.5. The number of benzene rings is 2. The highest BCUT2D eigenvalue weighted by molar-refractivity contribution is 6.06. The topological polar surface area (TPSA) is 55.8 Å². The number of hydrogen-bond donors (Lipinski definition) is 0. The number of likely N-dealkylation sites (tertiary alicyclic amines) is 1. The number of carbonyl (C=O) groups excluding carboxylic acids is 2. The van der Waals surface area contributed by atoms with Gasteiger partial charge >= 0.3 is 5.97 Å². The summed E-state index contributed by atoms with van der Waals surface area (Å²) in [6.07, 6.45) is 1.13. The van der Waals surface area contributed by atoms with Crippen LogP contribution in [0.15, 0.2) is 36.4 Å². The molecule has 1 aliphatic rings. The van der Waals surface area contributed by atoms with Gasteiger partial charge in [0.15, 0.2) is 6.61 Å². The molecule has 0 aliphatic carbocycles. The molecular weight excluding hydrogens is 330 g/mol. The first-order valence-electron chi connectivity index (χ1n) is 9.00. The Morgan fingerprint density at radius 2 is 1.69 bits per heavy atom. The molecule has 138 valence electrons. The van der Waals surface area contributed by atoms with Crippen LogP contribution in [0.2, 0.25) is 0 Å². The molecule has 5 heteroatoms. The second kappa shape index (κ2) is 7.77. The van der Waals surface area contributed by atoms with Crippen molar-refractivity contribution in [2.75, 3.05) is 26.8 Å². The molecule has 5 nitrogen and oxygen atoms in total. The molecule has 0 saturated carbocycles. The van der Waals surface area contributed by atoms with Crippen LogP contribution in [0, 0.1) is 11.8 Å². The molecular formula is C21H25NO4. The van der Waals surface area contributed by atoms with Gasteiger partial charge in [-0.3, -0.25) is 4.79 Å². The van der Waals surface area contributed by atoms with Crippen molar-refractivity contribution in [1.82, 2.24) is 4.90 Å². The van der Waals surface area contributed by atoms with Gasteiger partial charge in [0.05, 0.1) is 12.7 Å². The third-order valence-electron chi connectivity index (χ3n) is 4.87. The van der Waals surface area contributed by atoms with Gasteiger partial charge in [-0.1, -0.05) is 38.1 Å². The van der Waals surface area contributed by atoms with Gasteiger partial charge in [0, 0.05) is 18.5 Å². The first kappa shape index (κ1) is 18.2. The lowest BCUT2D eigenvalue weighted by Crippen LogP contribution is -2.44. The predicted octanol–water partition coefficient (Wildman–Crippen LogP) is 3.51. The van der Waals surface area contributed by atoms with Crippen LogP contribution in [0.5, 0.6) is 5.75 Å². The zero-order valence-corrected chi connectivity index (χ0v) is 15.5. The van der Waals surface area contributed by atoms with Crippen LogP contribution in [-0.4, -0.2) is 43.6 Å². The Bertz CT molecular complexity index is 807. The van der Waals surface area contributed by atoms with Crippen molar-refractivity contribution in [2.45, 2.75) is 20.3 Å². The molecule has 1 amide bonds. The van der Waals surface area contributed by atoms with E-state index in [1.807, 2.05) is 24.3 Å². The van der Waals surface area contributed by atoms with Crippen molar-refractivity contribution in [2.24, 2.45) is 11.8 Å². The third-order valence-corrected chi connectivity index (χ3v) is 4.87. The predicted molar refractivity (Wildman–Crippen MR) is 100 cm³/mol. The number of rotatable bonds is 4. The highest BCUT2D eigenvalue weighted by atomic mass is 16.5. The van der Waals surface area contributed by atoms with E-state index in [4.69, 9.17) is 9.47 Å². The molecule has 1 aliphatic heterocycles. The second-order valence-corrected chi connectivity index (χ2v) is 7.18. The van der Waals surface area contributed by atoms with E-state index in [0.29, 0.717) is 23.1 Å². The molecule has 1 fully saturated rings. The zero-order valence-electron chi connectivity index (χ0n) is 15.5. The summed E-state index contributed by atoms with van der Waals surface area (Å²) < 4.78 is 10.7. The van der Waals surface area contributed by atoms with E-state index in [1.165, 1.54) is 0 Å². The minimum atomic E-state index is -0.490. The number of methoxy groups -OCH3 is 1. The number of amides is 1. The Hall–Kier alpha value is -2.56. The Kier molecular flexibility index (Phi) is 5.45. The molecule has 1 heterocycles. The van der Waals surface area contributed by atoms with Crippen molar-refractivity contribution >= 4 is 22.6 Å². The summed E-state index contributed by atoms with van der Waals surface area (Å²) in [6.45, 7) is 5.52. The first-order valence-corrected chi connectivity index (χ1v) is 9.00. The van der Waals surface area contributed by atoms with Crippen LogP contribution in [-0.2, 0) is 9.53 Å². The van der Waals surface area contributed by atoms with Crippen molar-refractivity contribution < 1.29 is 19.1 Å². The fourth-order valence-corrected chi connectivity index (χ4v) is 3.79. The van der Waals surface area contributed by atoms with Gasteiger partial charge < -0.3 is 14.4 Å².